The van der Waals surface area contributed by atoms with Gasteiger partial charge in [0, 0.05) is 31.4 Å². The molecule has 0 spiro atoms. The van der Waals surface area contributed by atoms with Crippen LogP contribution in [0.2, 0.25) is 0 Å². The second-order valence-electron chi connectivity index (χ2n) is 5.47. The number of anilines is 2. The van der Waals surface area contributed by atoms with Crippen LogP contribution in [0.1, 0.15) is 25.8 Å². The van der Waals surface area contributed by atoms with Gasteiger partial charge in [-0.05, 0) is 62.2 Å². The van der Waals surface area contributed by atoms with Crippen LogP contribution < -0.4 is 15.0 Å². The Morgan fingerprint density at radius 2 is 1.88 bits per heavy atom. The van der Waals surface area contributed by atoms with Crippen LogP contribution in [0.25, 0.3) is 0 Å². The lowest BCUT2D eigenvalue weighted by molar-refractivity contribution is -0.116. The summed E-state index contributed by atoms with van der Waals surface area (Å²) in [5, 5.41) is 2.90. The van der Waals surface area contributed by atoms with Gasteiger partial charge in [-0.15, -0.1) is 0 Å². The Bertz CT molecular complexity index is 652. The van der Waals surface area contributed by atoms with E-state index in [-0.39, 0.29) is 5.91 Å². The molecule has 0 atom stereocenters. The maximum Gasteiger partial charge on any atom is 0.224 e. The molecule has 0 radical (unpaired) electrons. The average molecular weight is 327 g/mol. The zero-order valence-electron chi connectivity index (χ0n) is 14.6. The van der Waals surface area contributed by atoms with Gasteiger partial charge in [0.05, 0.1) is 7.11 Å². The zero-order valence-corrected chi connectivity index (χ0v) is 14.6. The smallest absolute Gasteiger partial charge is 0.224 e. The summed E-state index contributed by atoms with van der Waals surface area (Å²) in [4.78, 5) is 18.7. The van der Waals surface area contributed by atoms with Crippen molar-refractivity contribution in [2.24, 2.45) is 0 Å². The van der Waals surface area contributed by atoms with Crippen molar-refractivity contribution >= 4 is 17.4 Å². The molecule has 0 aliphatic carbocycles. The van der Waals surface area contributed by atoms with Gasteiger partial charge in [0.15, 0.2) is 0 Å². The standard InChI is InChI=1S/C19H25N3O2/c1-4-22(5-2)18-14-15(12-13-20-18)6-11-19(23)21-16-7-9-17(24-3)10-8-16/h7-10,12-14H,4-6,11H2,1-3H3,(H,21,23). The lowest BCUT2D eigenvalue weighted by atomic mass is 10.1. The third-order valence-corrected chi connectivity index (χ3v) is 3.91. The molecule has 0 bridgehead atoms. The number of aryl methyl sites for hydroxylation is 1. The van der Waals surface area contributed by atoms with Gasteiger partial charge in [-0.25, -0.2) is 4.98 Å². The molecule has 0 aliphatic rings. The minimum Gasteiger partial charge on any atom is -0.497 e. The molecule has 0 aliphatic heterocycles. The van der Waals surface area contributed by atoms with Gasteiger partial charge in [-0.2, -0.15) is 0 Å². The first-order valence-electron chi connectivity index (χ1n) is 8.30. The Labute approximate surface area is 143 Å². The molecular weight excluding hydrogens is 302 g/mol. The molecule has 1 N–H and O–H groups in total. The highest BCUT2D eigenvalue weighted by molar-refractivity contribution is 5.90. The van der Waals surface area contributed by atoms with E-state index in [0.717, 1.165) is 35.9 Å². The first-order chi connectivity index (χ1) is 11.7. The fraction of sp³-hybridized carbons (Fsp3) is 0.368. The Morgan fingerprint density at radius 3 is 2.50 bits per heavy atom. The van der Waals surface area contributed by atoms with E-state index in [0.29, 0.717) is 12.8 Å². The number of carbonyl (C=O) groups is 1. The summed E-state index contributed by atoms with van der Waals surface area (Å²) in [6, 6.07) is 11.4. The van der Waals surface area contributed by atoms with Crippen molar-refractivity contribution in [2.45, 2.75) is 26.7 Å². The quantitative estimate of drug-likeness (QED) is 0.806. The predicted octanol–water partition coefficient (Wildman–Crippen LogP) is 3.51. The highest BCUT2D eigenvalue weighted by Gasteiger charge is 2.07. The van der Waals surface area contributed by atoms with E-state index in [1.165, 1.54) is 0 Å². The molecule has 1 heterocycles. The largest absolute Gasteiger partial charge is 0.497 e. The van der Waals surface area contributed by atoms with Crippen molar-refractivity contribution in [3.05, 3.63) is 48.2 Å². The zero-order chi connectivity index (χ0) is 17.4. The third-order valence-electron chi connectivity index (χ3n) is 3.91. The number of amides is 1. The third kappa shape index (κ3) is 4.98. The van der Waals surface area contributed by atoms with Crippen LogP contribution in [-0.2, 0) is 11.2 Å². The molecule has 128 valence electrons. The van der Waals surface area contributed by atoms with Crippen LogP contribution in [0.3, 0.4) is 0 Å². The van der Waals surface area contributed by atoms with E-state index < -0.39 is 0 Å². The molecule has 1 aromatic carbocycles. The molecular formula is C19H25N3O2. The van der Waals surface area contributed by atoms with E-state index in [1.54, 1.807) is 7.11 Å². The maximum atomic E-state index is 12.1. The highest BCUT2D eigenvalue weighted by Crippen LogP contribution is 2.16. The molecule has 24 heavy (non-hydrogen) atoms. The van der Waals surface area contributed by atoms with Gasteiger partial charge < -0.3 is 15.0 Å². The van der Waals surface area contributed by atoms with Crippen LogP contribution >= 0.6 is 0 Å². The molecule has 2 rings (SSSR count). The average Bonchev–Trinajstić information content (AvgIpc) is 2.62. The predicted molar refractivity (Wildman–Crippen MR) is 97.7 cm³/mol. The summed E-state index contributed by atoms with van der Waals surface area (Å²) < 4.78 is 5.11. The number of methoxy groups -OCH3 is 1. The molecule has 0 saturated carbocycles. The minimum atomic E-state index is 0.00127. The van der Waals surface area contributed by atoms with E-state index in [9.17, 15) is 4.79 Å². The minimum absolute atomic E-state index is 0.00127. The lowest BCUT2D eigenvalue weighted by Gasteiger charge is -2.20. The van der Waals surface area contributed by atoms with Crippen molar-refractivity contribution in [1.82, 2.24) is 4.98 Å². The Kier molecular flexibility index (Phi) is 6.61. The lowest BCUT2D eigenvalue weighted by Crippen LogP contribution is -2.23. The molecule has 0 unspecified atom stereocenters. The van der Waals surface area contributed by atoms with Gasteiger partial charge in [-0.3, -0.25) is 4.79 Å². The Morgan fingerprint density at radius 1 is 1.17 bits per heavy atom. The van der Waals surface area contributed by atoms with Gasteiger partial charge in [0.25, 0.3) is 0 Å². The van der Waals surface area contributed by atoms with Gasteiger partial charge >= 0.3 is 0 Å². The Balaban J connectivity index is 1.90. The van der Waals surface area contributed by atoms with Crippen LogP contribution in [0.15, 0.2) is 42.6 Å². The van der Waals surface area contributed by atoms with Crippen LogP contribution in [0.4, 0.5) is 11.5 Å². The van der Waals surface area contributed by atoms with Crippen molar-refractivity contribution in [3.63, 3.8) is 0 Å². The van der Waals surface area contributed by atoms with Gasteiger partial charge in [0.1, 0.15) is 11.6 Å². The van der Waals surface area contributed by atoms with Gasteiger partial charge in [0.2, 0.25) is 5.91 Å². The van der Waals surface area contributed by atoms with E-state index >= 15 is 0 Å². The number of rotatable bonds is 8. The molecule has 2 aromatic rings. The fourth-order valence-corrected chi connectivity index (χ4v) is 2.49. The van der Waals surface area contributed by atoms with Crippen molar-refractivity contribution in [2.75, 3.05) is 30.4 Å². The fourth-order valence-electron chi connectivity index (χ4n) is 2.49. The Hall–Kier alpha value is -2.56. The first kappa shape index (κ1) is 17.8. The normalized spacial score (nSPS) is 10.3. The summed E-state index contributed by atoms with van der Waals surface area (Å²) in [5.41, 5.74) is 1.90. The second kappa shape index (κ2) is 8.91. The molecule has 1 aromatic heterocycles. The van der Waals surface area contributed by atoms with Crippen LogP contribution in [0.5, 0.6) is 5.75 Å². The van der Waals surface area contributed by atoms with Crippen LogP contribution in [-0.4, -0.2) is 31.1 Å². The summed E-state index contributed by atoms with van der Waals surface area (Å²) in [7, 11) is 1.62. The van der Waals surface area contributed by atoms with Crippen LogP contribution in [0, 0.1) is 0 Å². The maximum absolute atomic E-state index is 12.1. The number of benzene rings is 1. The summed E-state index contributed by atoms with van der Waals surface area (Å²) in [6.45, 7) is 6.07. The summed E-state index contributed by atoms with van der Waals surface area (Å²) >= 11 is 0. The van der Waals surface area contributed by atoms with Crippen molar-refractivity contribution in [3.8, 4) is 5.75 Å². The number of carbonyl (C=O) groups excluding carboxylic acids is 1. The highest BCUT2D eigenvalue weighted by atomic mass is 16.5. The number of ether oxygens (including phenoxy) is 1. The van der Waals surface area contributed by atoms with E-state index in [2.05, 4.69) is 35.1 Å². The number of pyridine rings is 1. The second-order valence-corrected chi connectivity index (χ2v) is 5.47. The molecule has 5 heteroatoms. The van der Waals surface area contributed by atoms with Gasteiger partial charge in [-0.1, -0.05) is 0 Å². The number of aromatic nitrogens is 1. The summed E-state index contributed by atoms with van der Waals surface area (Å²) in [6.07, 6.45) is 2.94. The monoisotopic (exact) mass is 327 g/mol. The molecule has 0 saturated heterocycles. The molecule has 5 nitrogen and oxygen atoms in total. The molecule has 1 amide bonds. The van der Waals surface area contributed by atoms with Crippen molar-refractivity contribution in [1.29, 1.82) is 0 Å². The first-order valence-corrected chi connectivity index (χ1v) is 8.30. The van der Waals surface area contributed by atoms with Crippen molar-refractivity contribution < 1.29 is 9.53 Å². The number of hydrogen-bond acceptors (Lipinski definition) is 4. The summed E-state index contributed by atoms with van der Waals surface area (Å²) in [5.74, 6) is 1.74. The number of nitrogens with zero attached hydrogens (tertiary/aromatic N) is 2. The molecule has 0 fully saturated rings. The topological polar surface area (TPSA) is 54.5 Å². The number of hydrogen-bond donors (Lipinski definition) is 1. The SMILES string of the molecule is CCN(CC)c1cc(CCC(=O)Nc2ccc(OC)cc2)ccn1. The number of nitrogens with one attached hydrogen (secondary N) is 1. The van der Waals surface area contributed by atoms with E-state index in [1.807, 2.05) is 36.5 Å². The van der Waals surface area contributed by atoms with E-state index in [4.69, 9.17) is 4.74 Å².